The summed E-state index contributed by atoms with van der Waals surface area (Å²) in [5, 5.41) is 9.14. The van der Waals surface area contributed by atoms with Crippen molar-refractivity contribution in [1.29, 1.82) is 5.26 Å². The smallest absolute Gasteiger partial charge is 0.114 e. The Hall–Kier alpha value is -1.74. The zero-order valence-electron chi connectivity index (χ0n) is 13.1. The van der Waals surface area contributed by atoms with Crippen molar-refractivity contribution in [2.75, 3.05) is 26.3 Å². The minimum absolute atomic E-state index is 0.142. The second-order valence-corrected chi connectivity index (χ2v) is 6.15. The monoisotopic (exact) mass is 316 g/mol. The molecule has 1 aliphatic rings. The Bertz CT molecular complexity index is 640. The lowest BCUT2D eigenvalue weighted by atomic mass is 9.97. The van der Waals surface area contributed by atoms with Gasteiger partial charge in [-0.1, -0.05) is 29.9 Å². The molecule has 1 heterocycles. The van der Waals surface area contributed by atoms with Crippen molar-refractivity contribution in [2.24, 2.45) is 5.73 Å². The van der Waals surface area contributed by atoms with Crippen molar-refractivity contribution < 1.29 is 9.64 Å². The zero-order valence-corrected chi connectivity index (χ0v) is 13.9. The van der Waals surface area contributed by atoms with Gasteiger partial charge in [0.15, 0.2) is 0 Å². The van der Waals surface area contributed by atoms with Crippen molar-refractivity contribution in [3.8, 4) is 6.07 Å². The van der Waals surface area contributed by atoms with E-state index in [1.165, 1.54) is 21.6 Å². The molecule has 0 spiro atoms. The van der Waals surface area contributed by atoms with E-state index in [9.17, 15) is 0 Å². The molecular formula is C17H22N3OS+. The highest BCUT2D eigenvalue weighted by Gasteiger charge is 2.16. The Balaban J connectivity index is 2.32. The topological polar surface area (TPSA) is 63.5 Å². The molecule has 0 radical (unpaired) electrons. The minimum Gasteiger partial charge on any atom is -0.389 e. The molecule has 0 atom stereocenters. The maximum Gasteiger partial charge on any atom is 0.114 e. The maximum atomic E-state index is 9.14. The van der Waals surface area contributed by atoms with Gasteiger partial charge in [-0.05, 0) is 31.1 Å². The predicted octanol–water partition coefficient (Wildman–Crippen LogP) is 0.912. The van der Waals surface area contributed by atoms with Crippen LogP contribution >= 0.6 is 12.2 Å². The highest BCUT2D eigenvalue weighted by molar-refractivity contribution is 7.80. The number of hydrogen-bond acceptors (Lipinski definition) is 3. The van der Waals surface area contributed by atoms with Crippen LogP contribution in [0.25, 0.3) is 6.08 Å². The van der Waals surface area contributed by atoms with Crippen LogP contribution in [-0.2, 0) is 11.3 Å². The van der Waals surface area contributed by atoms with Crippen LogP contribution in [0.15, 0.2) is 17.7 Å². The molecule has 1 saturated heterocycles. The van der Waals surface area contributed by atoms with Gasteiger partial charge in [-0.15, -0.1) is 0 Å². The molecule has 1 aromatic carbocycles. The average molecular weight is 316 g/mol. The normalized spacial score (nSPS) is 16.3. The molecule has 0 aromatic heterocycles. The first-order chi connectivity index (χ1) is 10.5. The summed E-state index contributed by atoms with van der Waals surface area (Å²) in [5.41, 5.74) is 10.6. The molecule has 0 aliphatic carbocycles. The number of aryl methyl sites for hydroxylation is 1. The third-order valence-electron chi connectivity index (χ3n) is 4.03. The van der Waals surface area contributed by atoms with Crippen LogP contribution in [0.4, 0.5) is 0 Å². The third kappa shape index (κ3) is 4.14. The van der Waals surface area contributed by atoms with Gasteiger partial charge in [0.2, 0.25) is 0 Å². The molecule has 0 saturated carbocycles. The molecule has 1 fully saturated rings. The average Bonchev–Trinajstić information content (AvgIpc) is 2.49. The van der Waals surface area contributed by atoms with Crippen LogP contribution in [-0.4, -0.2) is 31.3 Å². The summed E-state index contributed by atoms with van der Waals surface area (Å²) in [5.74, 6) is 0. The van der Waals surface area contributed by atoms with Gasteiger partial charge >= 0.3 is 0 Å². The summed E-state index contributed by atoms with van der Waals surface area (Å²) >= 11 is 4.92. The molecule has 4 nitrogen and oxygen atoms in total. The number of nitriles is 1. The van der Waals surface area contributed by atoms with Gasteiger partial charge in [0, 0.05) is 5.56 Å². The van der Waals surface area contributed by atoms with Gasteiger partial charge in [-0.25, -0.2) is 0 Å². The molecule has 1 aromatic rings. The third-order valence-corrected chi connectivity index (χ3v) is 4.25. The fourth-order valence-corrected chi connectivity index (χ4v) is 2.82. The van der Waals surface area contributed by atoms with Crippen LogP contribution in [0.2, 0.25) is 0 Å². The Morgan fingerprint density at radius 1 is 1.41 bits per heavy atom. The first-order valence-corrected chi connectivity index (χ1v) is 7.85. The van der Waals surface area contributed by atoms with Crippen LogP contribution in [0.1, 0.15) is 22.3 Å². The molecular weight excluding hydrogens is 294 g/mol. The van der Waals surface area contributed by atoms with Crippen LogP contribution in [0, 0.1) is 25.2 Å². The van der Waals surface area contributed by atoms with E-state index >= 15 is 0 Å². The minimum atomic E-state index is 0.142. The molecule has 0 unspecified atom stereocenters. The van der Waals surface area contributed by atoms with Crippen LogP contribution in [0.3, 0.4) is 0 Å². The Kier molecular flexibility index (Phi) is 5.67. The second-order valence-electron chi connectivity index (χ2n) is 5.71. The summed E-state index contributed by atoms with van der Waals surface area (Å²) in [6, 6.07) is 6.37. The number of benzene rings is 1. The molecule has 3 N–H and O–H groups in total. The van der Waals surface area contributed by atoms with E-state index in [1.54, 1.807) is 6.08 Å². The van der Waals surface area contributed by atoms with Gasteiger partial charge in [0.1, 0.15) is 30.7 Å². The zero-order chi connectivity index (χ0) is 16.1. The Labute approximate surface area is 137 Å². The van der Waals surface area contributed by atoms with E-state index in [2.05, 4.69) is 32.0 Å². The molecule has 5 heteroatoms. The fraction of sp³-hybridized carbons (Fsp3) is 0.412. The van der Waals surface area contributed by atoms with Gasteiger partial charge in [-0.3, -0.25) is 0 Å². The summed E-state index contributed by atoms with van der Waals surface area (Å²) < 4.78 is 5.41. The van der Waals surface area contributed by atoms with Crippen molar-refractivity contribution in [3.05, 3.63) is 40.0 Å². The molecule has 1 aliphatic heterocycles. The lowest BCUT2D eigenvalue weighted by Crippen LogP contribution is -3.12. The highest BCUT2D eigenvalue weighted by atomic mass is 32.1. The number of quaternary nitrogens is 1. The van der Waals surface area contributed by atoms with Gasteiger partial charge in [-0.2, -0.15) is 5.26 Å². The molecule has 0 bridgehead atoms. The van der Waals surface area contributed by atoms with Crippen LogP contribution in [0.5, 0.6) is 0 Å². The summed E-state index contributed by atoms with van der Waals surface area (Å²) in [4.78, 5) is 1.67. The van der Waals surface area contributed by atoms with E-state index in [-0.39, 0.29) is 4.99 Å². The first-order valence-electron chi connectivity index (χ1n) is 7.44. The molecule has 22 heavy (non-hydrogen) atoms. The van der Waals surface area contributed by atoms with Crippen molar-refractivity contribution in [2.45, 2.75) is 20.4 Å². The number of morpholine rings is 1. The van der Waals surface area contributed by atoms with E-state index in [1.807, 2.05) is 0 Å². The summed E-state index contributed by atoms with van der Waals surface area (Å²) in [6.07, 6.45) is 1.79. The molecule has 116 valence electrons. The number of nitrogens with two attached hydrogens (primary N) is 1. The van der Waals surface area contributed by atoms with Crippen molar-refractivity contribution in [1.82, 2.24) is 0 Å². The van der Waals surface area contributed by atoms with Crippen molar-refractivity contribution >= 4 is 23.3 Å². The van der Waals surface area contributed by atoms with Crippen molar-refractivity contribution in [3.63, 3.8) is 0 Å². The van der Waals surface area contributed by atoms with E-state index in [0.29, 0.717) is 5.57 Å². The maximum absolute atomic E-state index is 9.14. The van der Waals surface area contributed by atoms with E-state index in [4.69, 9.17) is 28.0 Å². The highest BCUT2D eigenvalue weighted by Crippen LogP contribution is 2.19. The number of rotatable bonds is 4. The summed E-state index contributed by atoms with van der Waals surface area (Å²) in [6.45, 7) is 8.87. The Morgan fingerprint density at radius 3 is 2.68 bits per heavy atom. The Morgan fingerprint density at radius 2 is 2.09 bits per heavy atom. The van der Waals surface area contributed by atoms with E-state index in [0.717, 1.165) is 38.4 Å². The molecule has 2 rings (SSSR count). The fourth-order valence-electron chi connectivity index (χ4n) is 2.72. The largest absolute Gasteiger partial charge is 0.389 e. The number of hydrogen-bond donors (Lipinski definition) is 2. The summed E-state index contributed by atoms with van der Waals surface area (Å²) in [7, 11) is 0. The number of ether oxygens (including phenoxy) is 1. The van der Waals surface area contributed by atoms with Gasteiger partial charge in [0.25, 0.3) is 0 Å². The van der Waals surface area contributed by atoms with Crippen LogP contribution < -0.4 is 10.6 Å². The predicted molar refractivity (Wildman–Crippen MR) is 91.5 cm³/mol. The quantitative estimate of drug-likeness (QED) is 0.492. The second kappa shape index (κ2) is 7.50. The SMILES string of the molecule is Cc1cc(/C=C(/C#N)C(N)=S)c(C)c(C[NH+]2CCOCC2)c1. The molecule has 0 amide bonds. The number of thiocarbonyl (C=S) groups is 1. The lowest BCUT2D eigenvalue weighted by molar-refractivity contribution is -0.921. The standard InChI is InChI=1S/C17H21N3OS/c1-12-7-14(9-15(10-18)17(19)22)13(2)16(8-12)11-20-3-5-21-6-4-20/h7-9H,3-6,11H2,1-2H3,(H2,19,22)/p+1/b15-9-. The lowest BCUT2D eigenvalue weighted by Gasteiger charge is -2.25. The van der Waals surface area contributed by atoms with E-state index < -0.39 is 0 Å². The number of nitrogens with one attached hydrogen (secondary N) is 1. The number of nitrogens with zero attached hydrogens (tertiary/aromatic N) is 1. The first kappa shape index (κ1) is 16.6. The van der Waals surface area contributed by atoms with Gasteiger partial charge < -0.3 is 15.4 Å². The van der Waals surface area contributed by atoms with Gasteiger partial charge in [0.05, 0.1) is 18.8 Å².